The van der Waals surface area contributed by atoms with Gasteiger partial charge in [-0.3, -0.25) is 9.59 Å². The van der Waals surface area contributed by atoms with E-state index in [0.717, 1.165) is 37.3 Å². The van der Waals surface area contributed by atoms with Crippen LogP contribution >= 0.6 is 0 Å². The van der Waals surface area contributed by atoms with Gasteiger partial charge in [0.2, 0.25) is 11.8 Å². The molecule has 12 heteroatoms. The Morgan fingerprint density at radius 1 is 1.19 bits per heavy atom. The summed E-state index contributed by atoms with van der Waals surface area (Å²) in [7, 11) is 0. The third kappa shape index (κ3) is 5.29. The van der Waals surface area contributed by atoms with Crippen molar-refractivity contribution in [3.63, 3.8) is 0 Å². The summed E-state index contributed by atoms with van der Waals surface area (Å²) < 4.78 is 8.86. The average Bonchev–Trinajstić information content (AvgIpc) is 3.28. The number of aliphatic hydroxyl groups excluding tert-OH is 1. The van der Waals surface area contributed by atoms with Crippen molar-refractivity contribution in [1.82, 2.24) is 40.2 Å². The maximum Gasteiger partial charge on any atom is 0.248 e. The minimum atomic E-state index is -0.753. The van der Waals surface area contributed by atoms with Crippen molar-refractivity contribution in [1.29, 1.82) is 0 Å². The lowest BCUT2D eigenvalue weighted by atomic mass is 9.85. The van der Waals surface area contributed by atoms with Crippen LogP contribution in [0.5, 0.6) is 0 Å². The standard InChI is InChI=1S/C24H36N8O4/c1-24(2,3)21(32-13-19(27-29-32)15-4-5-15)23(35)30-12-18(33)10-20(30)22(34)25-8-6-16-11-31(28-26-16)17-7-9-36-14-17/h11,13,15,17-18,20-21,33H,4-10,12,14H2,1-3H3,(H,25,34)/t17?,18-,20+,21+/m1/s1. The van der Waals surface area contributed by atoms with Gasteiger partial charge in [0.15, 0.2) is 0 Å². The number of rotatable bonds is 8. The normalized spacial score (nSPS) is 25.3. The molecule has 2 amide bonds. The number of nitrogens with zero attached hydrogens (tertiary/aromatic N) is 7. The Labute approximate surface area is 210 Å². The van der Waals surface area contributed by atoms with Gasteiger partial charge in [0.05, 0.1) is 30.1 Å². The molecule has 196 valence electrons. The van der Waals surface area contributed by atoms with Gasteiger partial charge >= 0.3 is 0 Å². The number of ether oxygens (including phenoxy) is 1. The Hall–Kier alpha value is -2.86. The fourth-order valence-electron chi connectivity index (χ4n) is 5.09. The third-order valence-electron chi connectivity index (χ3n) is 7.23. The number of aliphatic hydroxyl groups is 1. The molecule has 0 bridgehead atoms. The molecule has 0 radical (unpaired) electrons. The zero-order chi connectivity index (χ0) is 25.4. The van der Waals surface area contributed by atoms with Gasteiger partial charge in [0.25, 0.3) is 0 Å². The number of hydrogen-bond acceptors (Lipinski definition) is 8. The molecule has 2 aromatic rings. The van der Waals surface area contributed by atoms with E-state index in [1.165, 1.54) is 4.90 Å². The molecule has 4 atom stereocenters. The van der Waals surface area contributed by atoms with Crippen molar-refractivity contribution in [2.75, 3.05) is 26.3 Å². The van der Waals surface area contributed by atoms with Crippen LogP contribution < -0.4 is 5.32 Å². The molecule has 3 fully saturated rings. The van der Waals surface area contributed by atoms with Gasteiger partial charge in [-0.1, -0.05) is 31.2 Å². The van der Waals surface area contributed by atoms with Gasteiger partial charge in [0.1, 0.15) is 12.1 Å². The van der Waals surface area contributed by atoms with Crippen LogP contribution in [0.2, 0.25) is 0 Å². The van der Waals surface area contributed by atoms with E-state index in [0.29, 0.717) is 25.5 Å². The largest absolute Gasteiger partial charge is 0.391 e. The number of aromatic nitrogens is 6. The Balaban J connectivity index is 1.22. The van der Waals surface area contributed by atoms with Crippen molar-refractivity contribution >= 4 is 11.8 Å². The molecule has 36 heavy (non-hydrogen) atoms. The molecule has 3 aliphatic rings. The topological polar surface area (TPSA) is 140 Å². The maximum absolute atomic E-state index is 13.8. The first kappa shape index (κ1) is 24.8. The van der Waals surface area contributed by atoms with Crippen molar-refractivity contribution in [3.8, 4) is 0 Å². The van der Waals surface area contributed by atoms with Crippen LogP contribution in [0.3, 0.4) is 0 Å². The number of nitrogens with one attached hydrogen (secondary N) is 1. The van der Waals surface area contributed by atoms with Gasteiger partial charge in [-0.05, 0) is 24.7 Å². The third-order valence-corrected chi connectivity index (χ3v) is 7.23. The first-order chi connectivity index (χ1) is 17.2. The second-order valence-corrected chi connectivity index (χ2v) is 11.3. The van der Waals surface area contributed by atoms with Crippen LogP contribution in [-0.4, -0.2) is 90.3 Å². The van der Waals surface area contributed by atoms with Crippen molar-refractivity contribution < 1.29 is 19.4 Å². The number of β-amino-alcohol motifs (C(OH)–C–C–N with tert-alkyl or cyclic N) is 1. The lowest BCUT2D eigenvalue weighted by Crippen LogP contribution is -2.50. The molecule has 0 aromatic carbocycles. The van der Waals surface area contributed by atoms with Gasteiger partial charge in [-0.25, -0.2) is 9.36 Å². The van der Waals surface area contributed by atoms with E-state index in [9.17, 15) is 14.7 Å². The highest BCUT2D eigenvalue weighted by atomic mass is 16.5. The minimum Gasteiger partial charge on any atom is -0.391 e. The van der Waals surface area contributed by atoms with E-state index in [4.69, 9.17) is 4.74 Å². The van der Waals surface area contributed by atoms with Crippen LogP contribution in [0.25, 0.3) is 0 Å². The van der Waals surface area contributed by atoms with Crippen LogP contribution in [0, 0.1) is 5.41 Å². The molecule has 2 saturated heterocycles. The highest BCUT2D eigenvalue weighted by molar-refractivity contribution is 5.90. The summed E-state index contributed by atoms with van der Waals surface area (Å²) in [5.41, 5.74) is 1.23. The van der Waals surface area contributed by atoms with Gasteiger partial charge in [-0.15, -0.1) is 10.2 Å². The van der Waals surface area contributed by atoms with Crippen LogP contribution in [-0.2, 0) is 20.7 Å². The second kappa shape index (κ2) is 9.89. The van der Waals surface area contributed by atoms with Crippen molar-refractivity contribution in [2.24, 2.45) is 5.41 Å². The smallest absolute Gasteiger partial charge is 0.248 e. The fourth-order valence-corrected chi connectivity index (χ4v) is 5.09. The summed E-state index contributed by atoms with van der Waals surface area (Å²) in [5.74, 6) is -0.0794. The zero-order valence-corrected chi connectivity index (χ0v) is 21.2. The molecule has 12 nitrogen and oxygen atoms in total. The quantitative estimate of drug-likeness (QED) is 0.537. The van der Waals surface area contributed by atoms with E-state index < -0.39 is 23.6 Å². The second-order valence-electron chi connectivity index (χ2n) is 11.3. The number of likely N-dealkylation sites (tertiary alicyclic amines) is 1. The summed E-state index contributed by atoms with van der Waals surface area (Å²) in [6, 6.07) is -1.16. The molecular formula is C24H36N8O4. The fraction of sp³-hybridized carbons (Fsp3) is 0.750. The van der Waals surface area contributed by atoms with Gasteiger partial charge in [-0.2, -0.15) is 0 Å². The highest BCUT2D eigenvalue weighted by Gasteiger charge is 2.45. The average molecular weight is 501 g/mol. The Morgan fingerprint density at radius 2 is 2.00 bits per heavy atom. The summed E-state index contributed by atoms with van der Waals surface area (Å²) in [6.45, 7) is 7.77. The lowest BCUT2D eigenvalue weighted by molar-refractivity contribution is -0.144. The molecule has 1 unspecified atom stereocenters. The summed E-state index contributed by atoms with van der Waals surface area (Å²) in [6.07, 6.45) is 6.83. The highest BCUT2D eigenvalue weighted by Crippen LogP contribution is 2.40. The molecule has 0 spiro atoms. The Morgan fingerprint density at radius 3 is 2.69 bits per heavy atom. The number of hydrogen-bond donors (Lipinski definition) is 2. The van der Waals surface area contributed by atoms with Gasteiger partial charge < -0.3 is 20.1 Å². The molecule has 5 rings (SSSR count). The van der Waals surface area contributed by atoms with Crippen LogP contribution in [0.1, 0.15) is 75.8 Å². The first-order valence-corrected chi connectivity index (χ1v) is 12.9. The molecule has 2 N–H and O–H groups in total. The lowest BCUT2D eigenvalue weighted by Gasteiger charge is -2.34. The monoisotopic (exact) mass is 500 g/mol. The van der Waals surface area contributed by atoms with E-state index in [-0.39, 0.29) is 30.8 Å². The number of carbonyl (C=O) groups excluding carboxylic acids is 2. The van der Waals surface area contributed by atoms with Crippen LogP contribution in [0.15, 0.2) is 12.4 Å². The summed E-state index contributed by atoms with van der Waals surface area (Å²) in [4.78, 5) is 28.4. The number of amides is 2. The SMILES string of the molecule is CC(C)(C)[C@H](C(=O)N1C[C@H](O)C[C@H]1C(=O)NCCc1cn(C2CCOC2)nn1)n1cc(C2CC2)nn1. The number of carbonyl (C=O) groups is 2. The molecule has 4 heterocycles. The maximum atomic E-state index is 13.8. The van der Waals surface area contributed by atoms with Crippen molar-refractivity contribution in [2.45, 2.75) is 83.0 Å². The molecule has 2 aliphatic heterocycles. The minimum absolute atomic E-state index is 0.117. The predicted molar refractivity (Wildman–Crippen MR) is 128 cm³/mol. The molecule has 1 aliphatic carbocycles. The van der Waals surface area contributed by atoms with E-state index in [1.54, 1.807) is 4.68 Å². The van der Waals surface area contributed by atoms with Crippen LogP contribution in [0.4, 0.5) is 0 Å². The van der Waals surface area contributed by atoms with Gasteiger partial charge in [0, 0.05) is 50.8 Å². The van der Waals surface area contributed by atoms with E-state index >= 15 is 0 Å². The van der Waals surface area contributed by atoms with E-state index in [2.05, 4.69) is 25.9 Å². The predicted octanol–water partition coefficient (Wildman–Crippen LogP) is 0.616. The Bertz CT molecular complexity index is 1080. The molecular weight excluding hydrogens is 464 g/mol. The Kier molecular flexibility index (Phi) is 6.82. The zero-order valence-electron chi connectivity index (χ0n) is 21.2. The summed E-state index contributed by atoms with van der Waals surface area (Å²) in [5, 5.41) is 30.2. The molecule has 1 saturated carbocycles. The summed E-state index contributed by atoms with van der Waals surface area (Å²) >= 11 is 0. The van der Waals surface area contributed by atoms with Crippen molar-refractivity contribution in [3.05, 3.63) is 23.8 Å². The van der Waals surface area contributed by atoms with E-state index in [1.807, 2.05) is 37.8 Å². The molecule has 2 aromatic heterocycles. The first-order valence-electron chi connectivity index (χ1n) is 12.9.